The van der Waals surface area contributed by atoms with Gasteiger partial charge >= 0.3 is 5.82 Å². The van der Waals surface area contributed by atoms with Crippen molar-refractivity contribution in [1.82, 2.24) is 19.6 Å². The average Bonchev–Trinajstić information content (AvgIpc) is 2.82. The Morgan fingerprint density at radius 1 is 1.47 bits per heavy atom. The highest BCUT2D eigenvalue weighted by molar-refractivity contribution is 6.31. The van der Waals surface area contributed by atoms with Crippen LogP contribution in [0, 0.1) is 24.0 Å². The Morgan fingerprint density at radius 3 is 2.65 bits per heavy atom. The van der Waals surface area contributed by atoms with E-state index in [4.69, 9.17) is 11.6 Å². The minimum absolute atomic E-state index is 0.183. The molecule has 0 aliphatic heterocycles. The van der Waals surface area contributed by atoms with Crippen LogP contribution < -0.4 is 0 Å². The monoisotopic (exact) mass is 255 g/mol. The van der Waals surface area contributed by atoms with Gasteiger partial charge in [0.25, 0.3) is 0 Å². The zero-order chi connectivity index (χ0) is 12.6. The summed E-state index contributed by atoms with van der Waals surface area (Å²) in [7, 11) is 0. The van der Waals surface area contributed by atoms with Crippen LogP contribution in [0.1, 0.15) is 11.4 Å². The van der Waals surface area contributed by atoms with Gasteiger partial charge in [-0.15, -0.1) is 0 Å². The molecule has 0 N–H and O–H groups in total. The summed E-state index contributed by atoms with van der Waals surface area (Å²) in [4.78, 5) is 9.94. The molecular formula is C9H10ClN5O2. The molecule has 0 fully saturated rings. The van der Waals surface area contributed by atoms with Crippen LogP contribution >= 0.6 is 11.6 Å². The molecule has 2 rings (SSSR count). The van der Waals surface area contributed by atoms with Crippen LogP contribution in [-0.2, 0) is 6.67 Å². The maximum atomic E-state index is 10.5. The van der Waals surface area contributed by atoms with Crippen LogP contribution in [0.4, 0.5) is 5.82 Å². The summed E-state index contributed by atoms with van der Waals surface area (Å²) in [6.07, 6.45) is 1.53. The molecule has 17 heavy (non-hydrogen) atoms. The Bertz CT molecular complexity index is 574. The van der Waals surface area contributed by atoms with Gasteiger partial charge < -0.3 is 10.1 Å². The van der Waals surface area contributed by atoms with Crippen molar-refractivity contribution in [3.63, 3.8) is 0 Å². The second kappa shape index (κ2) is 4.17. The summed E-state index contributed by atoms with van der Waals surface area (Å²) in [5, 5.41) is 19.1. The quantitative estimate of drug-likeness (QED) is 0.618. The number of rotatable bonds is 3. The fourth-order valence-electron chi connectivity index (χ4n) is 1.48. The Balaban J connectivity index is 2.25. The van der Waals surface area contributed by atoms with E-state index in [0.717, 1.165) is 11.4 Å². The highest BCUT2D eigenvalue weighted by Gasteiger charge is 2.14. The van der Waals surface area contributed by atoms with E-state index in [2.05, 4.69) is 10.2 Å². The van der Waals surface area contributed by atoms with Gasteiger partial charge in [0.2, 0.25) is 0 Å². The van der Waals surface area contributed by atoms with Gasteiger partial charge in [0.05, 0.1) is 33.8 Å². The molecule has 7 nitrogen and oxygen atoms in total. The van der Waals surface area contributed by atoms with Crippen molar-refractivity contribution in [1.29, 1.82) is 0 Å². The maximum absolute atomic E-state index is 10.5. The largest absolute Gasteiger partial charge is 0.389 e. The third-order valence-corrected chi connectivity index (χ3v) is 2.93. The van der Waals surface area contributed by atoms with E-state index in [0.29, 0.717) is 11.7 Å². The first-order valence-electron chi connectivity index (χ1n) is 4.86. The predicted molar refractivity (Wildman–Crippen MR) is 61.0 cm³/mol. The van der Waals surface area contributed by atoms with E-state index in [1.807, 2.05) is 6.92 Å². The van der Waals surface area contributed by atoms with Gasteiger partial charge in [-0.05, 0) is 18.8 Å². The van der Waals surface area contributed by atoms with Crippen LogP contribution in [0.25, 0.3) is 0 Å². The van der Waals surface area contributed by atoms with Crippen molar-refractivity contribution in [2.24, 2.45) is 0 Å². The Hall–Kier alpha value is -1.89. The Labute approximate surface area is 102 Å². The van der Waals surface area contributed by atoms with Gasteiger partial charge in [0, 0.05) is 0 Å². The van der Waals surface area contributed by atoms with Gasteiger partial charge in [-0.25, -0.2) is 4.68 Å². The molecule has 0 radical (unpaired) electrons. The van der Waals surface area contributed by atoms with Crippen LogP contribution in [0.3, 0.4) is 0 Å². The zero-order valence-electron chi connectivity index (χ0n) is 9.29. The van der Waals surface area contributed by atoms with E-state index in [-0.39, 0.29) is 5.82 Å². The number of nitrogens with zero attached hydrogens (tertiary/aromatic N) is 5. The highest BCUT2D eigenvalue weighted by atomic mass is 35.5. The smallest absolute Gasteiger partial charge is 0.358 e. The topological polar surface area (TPSA) is 78.8 Å². The summed E-state index contributed by atoms with van der Waals surface area (Å²) in [5.41, 5.74) is 1.54. The van der Waals surface area contributed by atoms with Crippen molar-refractivity contribution >= 4 is 17.4 Å². The first kappa shape index (κ1) is 11.6. The van der Waals surface area contributed by atoms with Gasteiger partial charge in [-0.2, -0.15) is 9.78 Å². The normalized spacial score (nSPS) is 10.8. The SMILES string of the molecule is Cc1nn(Cn2ccc([N+](=O)[O-])n2)c(C)c1Cl. The molecule has 0 saturated heterocycles. The molecule has 2 aromatic heterocycles. The van der Waals surface area contributed by atoms with Crippen LogP contribution in [0.2, 0.25) is 5.02 Å². The zero-order valence-corrected chi connectivity index (χ0v) is 10.0. The third kappa shape index (κ3) is 2.14. The first-order valence-corrected chi connectivity index (χ1v) is 5.24. The number of nitro groups is 1. The molecule has 8 heteroatoms. The Kier molecular flexibility index (Phi) is 2.84. The lowest BCUT2D eigenvalue weighted by atomic mass is 10.4. The van der Waals surface area contributed by atoms with E-state index in [1.165, 1.54) is 16.9 Å². The first-order chi connectivity index (χ1) is 7.99. The number of aromatic nitrogens is 4. The molecule has 90 valence electrons. The van der Waals surface area contributed by atoms with Gasteiger partial charge in [0.15, 0.2) is 6.67 Å². The molecule has 0 spiro atoms. The van der Waals surface area contributed by atoms with E-state index in [1.54, 1.807) is 11.6 Å². The number of aryl methyl sites for hydroxylation is 1. The van der Waals surface area contributed by atoms with Gasteiger partial charge in [-0.3, -0.25) is 0 Å². The summed E-state index contributed by atoms with van der Waals surface area (Å²) in [6, 6.07) is 1.34. The maximum Gasteiger partial charge on any atom is 0.389 e. The molecular weight excluding hydrogens is 246 g/mol. The minimum atomic E-state index is -0.537. The molecule has 2 heterocycles. The van der Waals surface area contributed by atoms with Crippen molar-refractivity contribution in [3.8, 4) is 0 Å². The third-order valence-electron chi connectivity index (χ3n) is 2.39. The Morgan fingerprint density at radius 2 is 2.18 bits per heavy atom. The molecule has 2 aromatic rings. The van der Waals surface area contributed by atoms with Crippen molar-refractivity contribution in [3.05, 3.63) is 38.8 Å². The second-order valence-electron chi connectivity index (χ2n) is 3.60. The lowest BCUT2D eigenvalue weighted by Gasteiger charge is -2.00. The standard InChI is InChI=1S/C9H10ClN5O2/c1-6-9(10)7(2)14(11-6)5-13-4-3-8(12-13)15(16)17/h3-4H,5H2,1-2H3. The molecule has 0 aromatic carbocycles. The van der Waals surface area contributed by atoms with Gasteiger partial charge in [0.1, 0.15) is 0 Å². The molecule has 0 unspecified atom stereocenters. The highest BCUT2D eigenvalue weighted by Crippen LogP contribution is 2.18. The molecule has 0 saturated carbocycles. The van der Waals surface area contributed by atoms with Crippen LogP contribution in [-0.4, -0.2) is 24.5 Å². The van der Waals surface area contributed by atoms with Crippen LogP contribution in [0.5, 0.6) is 0 Å². The number of halogens is 1. The lowest BCUT2D eigenvalue weighted by Crippen LogP contribution is -2.11. The molecule has 0 bridgehead atoms. The molecule has 0 amide bonds. The van der Waals surface area contributed by atoms with Crippen LogP contribution in [0.15, 0.2) is 12.3 Å². The fourth-order valence-corrected chi connectivity index (χ4v) is 1.61. The lowest BCUT2D eigenvalue weighted by molar-refractivity contribution is -0.389. The summed E-state index contributed by atoms with van der Waals surface area (Å²) in [5.74, 6) is -0.183. The predicted octanol–water partition coefficient (Wildman–Crippen LogP) is 1.76. The number of hydrogen-bond donors (Lipinski definition) is 0. The van der Waals surface area contributed by atoms with E-state index in [9.17, 15) is 10.1 Å². The van der Waals surface area contributed by atoms with Crippen molar-refractivity contribution in [2.75, 3.05) is 0 Å². The van der Waals surface area contributed by atoms with Gasteiger partial charge in [-0.1, -0.05) is 11.6 Å². The van der Waals surface area contributed by atoms with Crippen molar-refractivity contribution < 1.29 is 4.92 Å². The molecule has 0 atom stereocenters. The summed E-state index contributed by atoms with van der Waals surface area (Å²) < 4.78 is 3.09. The second-order valence-corrected chi connectivity index (χ2v) is 3.97. The van der Waals surface area contributed by atoms with E-state index >= 15 is 0 Å². The minimum Gasteiger partial charge on any atom is -0.358 e. The molecule has 0 aliphatic carbocycles. The fraction of sp³-hybridized carbons (Fsp3) is 0.333. The molecule has 0 aliphatic rings. The van der Waals surface area contributed by atoms with Crippen molar-refractivity contribution in [2.45, 2.75) is 20.5 Å². The number of hydrogen-bond acceptors (Lipinski definition) is 4. The summed E-state index contributed by atoms with van der Waals surface area (Å²) in [6.45, 7) is 3.94. The summed E-state index contributed by atoms with van der Waals surface area (Å²) >= 11 is 6.00. The van der Waals surface area contributed by atoms with E-state index < -0.39 is 4.92 Å². The average molecular weight is 256 g/mol.